The average molecular weight is 412 g/mol. The standard InChI is InChI=1S/C23H33N5S/c1-4-26-11-13-27(14-12-26)22-15-17(2)20-16-19(8-9-21(20)25-22)24-23(29)28-10-6-5-7-18(28)3/h8-9,15-16,18H,4-7,10-14H2,1-3H3,(H,24,29)/t18-/m0/s1. The highest BCUT2D eigenvalue weighted by Crippen LogP contribution is 2.26. The Morgan fingerprint density at radius 1 is 1.14 bits per heavy atom. The molecule has 1 aromatic carbocycles. The van der Waals surface area contributed by atoms with Crippen LogP contribution in [0.2, 0.25) is 0 Å². The fraction of sp³-hybridized carbons (Fsp3) is 0.565. The van der Waals surface area contributed by atoms with Gasteiger partial charge in [-0.2, -0.15) is 0 Å². The van der Waals surface area contributed by atoms with E-state index in [9.17, 15) is 0 Å². The molecule has 0 radical (unpaired) electrons. The van der Waals surface area contributed by atoms with E-state index in [1.165, 1.54) is 30.2 Å². The Hall–Kier alpha value is -1.92. The lowest BCUT2D eigenvalue weighted by molar-refractivity contribution is 0.262. The van der Waals surface area contributed by atoms with Crippen molar-refractivity contribution in [2.24, 2.45) is 0 Å². The van der Waals surface area contributed by atoms with Crippen LogP contribution in [0.15, 0.2) is 24.3 Å². The zero-order chi connectivity index (χ0) is 20.4. The number of nitrogens with one attached hydrogen (secondary N) is 1. The molecule has 2 aliphatic heterocycles. The number of aryl methyl sites for hydroxylation is 1. The van der Waals surface area contributed by atoms with Crippen LogP contribution in [-0.4, -0.2) is 65.2 Å². The maximum atomic E-state index is 5.70. The Bertz CT molecular complexity index is 875. The largest absolute Gasteiger partial charge is 0.354 e. The van der Waals surface area contributed by atoms with Crippen molar-refractivity contribution in [3.05, 3.63) is 29.8 Å². The number of likely N-dealkylation sites (N-methyl/N-ethyl adjacent to an activating group) is 1. The molecule has 3 heterocycles. The molecule has 0 amide bonds. The van der Waals surface area contributed by atoms with Gasteiger partial charge in [0.15, 0.2) is 5.11 Å². The van der Waals surface area contributed by atoms with Crippen LogP contribution in [0.3, 0.4) is 0 Å². The molecule has 2 saturated heterocycles. The smallest absolute Gasteiger partial charge is 0.173 e. The van der Waals surface area contributed by atoms with Gasteiger partial charge in [-0.25, -0.2) is 4.98 Å². The summed E-state index contributed by atoms with van der Waals surface area (Å²) in [6.45, 7) is 13.2. The van der Waals surface area contributed by atoms with Gasteiger partial charge in [-0.15, -0.1) is 0 Å². The van der Waals surface area contributed by atoms with Crippen LogP contribution in [0.1, 0.15) is 38.7 Å². The second-order valence-electron chi connectivity index (χ2n) is 8.42. The van der Waals surface area contributed by atoms with E-state index in [0.29, 0.717) is 6.04 Å². The van der Waals surface area contributed by atoms with Gasteiger partial charge >= 0.3 is 0 Å². The fourth-order valence-corrected chi connectivity index (χ4v) is 4.89. The first-order chi connectivity index (χ1) is 14.0. The molecule has 2 aliphatic rings. The summed E-state index contributed by atoms with van der Waals surface area (Å²) in [6, 6.07) is 9.17. The van der Waals surface area contributed by atoms with E-state index in [0.717, 1.165) is 61.4 Å². The summed E-state index contributed by atoms with van der Waals surface area (Å²) in [5.41, 5.74) is 3.37. The number of aromatic nitrogens is 1. The van der Waals surface area contributed by atoms with Crippen LogP contribution in [-0.2, 0) is 0 Å². The van der Waals surface area contributed by atoms with Gasteiger partial charge in [-0.05, 0) is 81.7 Å². The second-order valence-corrected chi connectivity index (χ2v) is 8.81. The van der Waals surface area contributed by atoms with Crippen molar-refractivity contribution in [3.8, 4) is 0 Å². The van der Waals surface area contributed by atoms with Gasteiger partial charge in [0, 0.05) is 49.8 Å². The zero-order valence-corrected chi connectivity index (χ0v) is 18.8. The summed E-state index contributed by atoms with van der Waals surface area (Å²) in [5, 5.41) is 5.50. The minimum absolute atomic E-state index is 0.517. The third-order valence-electron chi connectivity index (χ3n) is 6.46. The molecule has 156 valence electrons. The van der Waals surface area contributed by atoms with Crippen LogP contribution in [0.25, 0.3) is 10.9 Å². The second kappa shape index (κ2) is 8.84. The van der Waals surface area contributed by atoms with Crippen LogP contribution in [0, 0.1) is 6.92 Å². The predicted octanol–water partition coefficient (Wildman–Crippen LogP) is 4.26. The molecule has 0 saturated carbocycles. The lowest BCUT2D eigenvalue weighted by Gasteiger charge is -2.35. The Balaban J connectivity index is 1.51. The fourth-order valence-electron chi connectivity index (χ4n) is 4.50. The number of nitrogens with zero attached hydrogens (tertiary/aromatic N) is 4. The Kier molecular flexibility index (Phi) is 6.20. The molecule has 0 aliphatic carbocycles. The summed E-state index contributed by atoms with van der Waals surface area (Å²) in [6.07, 6.45) is 3.75. The third kappa shape index (κ3) is 4.48. The van der Waals surface area contributed by atoms with E-state index in [1.807, 2.05) is 0 Å². The number of benzene rings is 1. The van der Waals surface area contributed by atoms with Gasteiger partial charge in [0.1, 0.15) is 5.82 Å². The van der Waals surface area contributed by atoms with E-state index in [-0.39, 0.29) is 0 Å². The molecule has 2 aromatic rings. The first kappa shape index (κ1) is 20.4. The molecule has 6 heteroatoms. The van der Waals surface area contributed by atoms with Crippen molar-refractivity contribution in [2.75, 3.05) is 49.5 Å². The maximum Gasteiger partial charge on any atom is 0.173 e. The van der Waals surface area contributed by atoms with Gasteiger partial charge in [-0.1, -0.05) is 6.92 Å². The van der Waals surface area contributed by atoms with Crippen molar-refractivity contribution >= 4 is 39.7 Å². The molecule has 4 rings (SSSR count). The third-order valence-corrected chi connectivity index (χ3v) is 6.80. The van der Waals surface area contributed by atoms with Crippen molar-refractivity contribution in [3.63, 3.8) is 0 Å². The van der Waals surface area contributed by atoms with Crippen LogP contribution in [0.4, 0.5) is 11.5 Å². The van der Waals surface area contributed by atoms with E-state index in [1.54, 1.807) is 0 Å². The number of fused-ring (bicyclic) bond motifs is 1. The minimum atomic E-state index is 0.517. The molecule has 5 nitrogen and oxygen atoms in total. The van der Waals surface area contributed by atoms with Crippen molar-refractivity contribution in [2.45, 2.75) is 46.1 Å². The number of likely N-dealkylation sites (tertiary alicyclic amines) is 1. The van der Waals surface area contributed by atoms with E-state index in [2.05, 4.69) is 65.1 Å². The molecular weight excluding hydrogens is 378 g/mol. The zero-order valence-electron chi connectivity index (χ0n) is 17.9. The highest BCUT2D eigenvalue weighted by atomic mass is 32.1. The van der Waals surface area contributed by atoms with E-state index >= 15 is 0 Å². The number of anilines is 2. The monoisotopic (exact) mass is 411 g/mol. The summed E-state index contributed by atoms with van der Waals surface area (Å²) in [7, 11) is 0. The molecule has 0 spiro atoms. The normalized spacial score (nSPS) is 20.9. The molecule has 1 aromatic heterocycles. The molecule has 29 heavy (non-hydrogen) atoms. The van der Waals surface area contributed by atoms with E-state index in [4.69, 9.17) is 17.2 Å². The van der Waals surface area contributed by atoms with Crippen molar-refractivity contribution in [1.29, 1.82) is 0 Å². The quantitative estimate of drug-likeness (QED) is 0.761. The van der Waals surface area contributed by atoms with Crippen molar-refractivity contribution in [1.82, 2.24) is 14.8 Å². The van der Waals surface area contributed by atoms with Crippen molar-refractivity contribution < 1.29 is 0 Å². The minimum Gasteiger partial charge on any atom is -0.354 e. The SMILES string of the molecule is CCN1CCN(c2cc(C)c3cc(NC(=S)N4CCCC[C@@H]4C)ccc3n2)CC1. The number of rotatable bonds is 3. The summed E-state index contributed by atoms with van der Waals surface area (Å²) < 4.78 is 0. The molecular formula is C23H33N5S. The van der Waals surface area contributed by atoms with Gasteiger partial charge in [-0.3, -0.25) is 0 Å². The topological polar surface area (TPSA) is 34.6 Å². The predicted molar refractivity (Wildman–Crippen MR) is 127 cm³/mol. The van der Waals surface area contributed by atoms with Crippen LogP contribution < -0.4 is 10.2 Å². The number of pyridine rings is 1. The van der Waals surface area contributed by atoms with Gasteiger partial charge < -0.3 is 20.0 Å². The van der Waals surface area contributed by atoms with Gasteiger partial charge in [0.2, 0.25) is 0 Å². The molecule has 1 atom stereocenters. The molecule has 0 unspecified atom stereocenters. The highest BCUT2D eigenvalue weighted by Gasteiger charge is 2.21. The number of piperazine rings is 1. The number of hydrogen-bond acceptors (Lipinski definition) is 4. The maximum absolute atomic E-state index is 5.70. The summed E-state index contributed by atoms with van der Waals surface area (Å²) >= 11 is 5.70. The highest BCUT2D eigenvalue weighted by molar-refractivity contribution is 7.80. The first-order valence-corrected chi connectivity index (χ1v) is 11.4. The van der Waals surface area contributed by atoms with Gasteiger partial charge in [0.05, 0.1) is 5.52 Å². The summed E-state index contributed by atoms with van der Waals surface area (Å²) in [4.78, 5) is 12.2. The number of piperidine rings is 1. The molecule has 1 N–H and O–H groups in total. The Morgan fingerprint density at radius 3 is 2.66 bits per heavy atom. The molecule has 0 bridgehead atoms. The van der Waals surface area contributed by atoms with E-state index < -0.39 is 0 Å². The van der Waals surface area contributed by atoms with Crippen LogP contribution in [0.5, 0.6) is 0 Å². The van der Waals surface area contributed by atoms with Crippen LogP contribution >= 0.6 is 12.2 Å². The van der Waals surface area contributed by atoms with Gasteiger partial charge in [0.25, 0.3) is 0 Å². The first-order valence-electron chi connectivity index (χ1n) is 11.0. The number of thiocarbonyl (C=S) groups is 1. The Morgan fingerprint density at radius 2 is 1.93 bits per heavy atom. The average Bonchev–Trinajstić information content (AvgIpc) is 2.74. The molecule has 2 fully saturated rings. The lowest BCUT2D eigenvalue weighted by Crippen LogP contribution is -2.46. The Labute approximate surface area is 180 Å². The number of hydrogen-bond donors (Lipinski definition) is 1. The summed E-state index contributed by atoms with van der Waals surface area (Å²) in [5.74, 6) is 1.10. The lowest BCUT2D eigenvalue weighted by atomic mass is 10.0.